The molecular weight excluding hydrogens is 409 g/mol. The number of likely N-dealkylation sites (tertiary alicyclic amines) is 1. The molecule has 1 fully saturated rings. The highest BCUT2D eigenvalue weighted by Gasteiger charge is 2.27. The molecule has 29 heavy (non-hydrogen) atoms. The molecule has 0 aliphatic carbocycles. The van der Waals surface area contributed by atoms with Gasteiger partial charge in [-0.2, -0.15) is 0 Å². The molecule has 2 aromatic carbocycles. The van der Waals surface area contributed by atoms with Gasteiger partial charge in [-0.3, -0.25) is 9.69 Å². The van der Waals surface area contributed by atoms with Crippen molar-refractivity contribution in [3.8, 4) is 5.75 Å². The fourth-order valence-corrected chi connectivity index (χ4v) is 3.67. The number of benzene rings is 2. The van der Waals surface area contributed by atoms with Crippen molar-refractivity contribution in [2.75, 3.05) is 31.2 Å². The van der Waals surface area contributed by atoms with Crippen molar-refractivity contribution in [3.63, 3.8) is 0 Å². The van der Waals surface area contributed by atoms with E-state index in [0.29, 0.717) is 23.0 Å². The van der Waals surface area contributed by atoms with Crippen LogP contribution in [0.4, 0.5) is 11.4 Å². The predicted molar refractivity (Wildman–Crippen MR) is 124 cm³/mol. The molecule has 1 saturated heterocycles. The van der Waals surface area contributed by atoms with E-state index in [9.17, 15) is 4.79 Å². The van der Waals surface area contributed by atoms with Crippen LogP contribution in [0, 0.1) is 5.92 Å². The molecule has 3 N–H and O–H groups in total. The van der Waals surface area contributed by atoms with Gasteiger partial charge in [-0.1, -0.05) is 30.3 Å². The fourth-order valence-electron chi connectivity index (χ4n) is 3.67. The van der Waals surface area contributed by atoms with E-state index in [-0.39, 0.29) is 36.8 Å². The molecule has 1 amide bonds. The Morgan fingerprint density at radius 2 is 1.83 bits per heavy atom. The molecule has 0 bridgehead atoms. The van der Waals surface area contributed by atoms with E-state index in [1.165, 1.54) is 5.56 Å². The van der Waals surface area contributed by atoms with E-state index in [1.807, 2.05) is 6.92 Å². The Morgan fingerprint density at radius 1 is 1.17 bits per heavy atom. The highest BCUT2D eigenvalue weighted by Crippen LogP contribution is 2.26. The van der Waals surface area contributed by atoms with E-state index >= 15 is 0 Å². The Morgan fingerprint density at radius 3 is 2.45 bits per heavy atom. The molecule has 0 spiro atoms. The molecule has 2 aromatic rings. The number of rotatable bonds is 6. The van der Waals surface area contributed by atoms with E-state index in [1.54, 1.807) is 25.3 Å². The number of methoxy groups -OCH3 is 1. The first-order valence-electron chi connectivity index (χ1n) is 9.59. The van der Waals surface area contributed by atoms with Gasteiger partial charge in [-0.05, 0) is 62.9 Å². The largest absolute Gasteiger partial charge is 0.497 e. The minimum absolute atomic E-state index is 0. The maximum Gasteiger partial charge on any atom is 0.241 e. The number of ether oxygens (including phenoxy) is 1. The minimum atomic E-state index is -0.187. The first kappa shape index (κ1) is 25.1. The van der Waals surface area contributed by atoms with Gasteiger partial charge in [-0.25, -0.2) is 0 Å². The molecule has 3 rings (SSSR count). The zero-order valence-electron chi connectivity index (χ0n) is 17.0. The first-order chi connectivity index (χ1) is 13.1. The van der Waals surface area contributed by atoms with Gasteiger partial charge in [0.25, 0.3) is 0 Å². The Balaban J connectivity index is 0.00000210. The molecule has 7 heteroatoms. The van der Waals surface area contributed by atoms with Gasteiger partial charge in [0.05, 0.1) is 24.5 Å². The van der Waals surface area contributed by atoms with Crippen LogP contribution >= 0.6 is 24.8 Å². The molecule has 0 radical (unpaired) electrons. The van der Waals surface area contributed by atoms with Gasteiger partial charge in [0.15, 0.2) is 0 Å². The average Bonchev–Trinajstić information content (AvgIpc) is 2.70. The lowest BCUT2D eigenvalue weighted by Gasteiger charge is -2.35. The Hall–Kier alpha value is -1.95. The molecule has 1 heterocycles. The van der Waals surface area contributed by atoms with E-state index in [0.717, 1.165) is 32.4 Å². The maximum absolute atomic E-state index is 12.7. The van der Waals surface area contributed by atoms with Crippen LogP contribution in [0.2, 0.25) is 0 Å². The lowest BCUT2D eigenvalue weighted by Crippen LogP contribution is -2.46. The van der Waals surface area contributed by atoms with Crippen LogP contribution < -0.4 is 15.8 Å². The number of hydrogen-bond donors (Lipinski definition) is 2. The molecule has 1 unspecified atom stereocenters. The molecule has 0 aromatic heterocycles. The summed E-state index contributed by atoms with van der Waals surface area (Å²) in [7, 11) is 1.60. The van der Waals surface area contributed by atoms with Gasteiger partial charge in [-0.15, -0.1) is 24.8 Å². The first-order valence-corrected chi connectivity index (χ1v) is 9.59. The molecule has 1 aliphatic rings. The number of nitrogens with zero attached hydrogens (tertiary/aromatic N) is 1. The third-order valence-corrected chi connectivity index (χ3v) is 5.46. The van der Waals surface area contributed by atoms with Gasteiger partial charge >= 0.3 is 0 Å². The van der Waals surface area contributed by atoms with Crippen molar-refractivity contribution in [2.24, 2.45) is 5.92 Å². The second-order valence-electron chi connectivity index (χ2n) is 7.29. The molecule has 160 valence electrons. The summed E-state index contributed by atoms with van der Waals surface area (Å²) in [6, 6.07) is 15.7. The zero-order valence-corrected chi connectivity index (χ0v) is 18.6. The molecule has 5 nitrogen and oxygen atoms in total. The van der Waals surface area contributed by atoms with Crippen molar-refractivity contribution < 1.29 is 9.53 Å². The van der Waals surface area contributed by atoms with Crippen molar-refractivity contribution in [1.29, 1.82) is 0 Å². The summed E-state index contributed by atoms with van der Waals surface area (Å²) in [5, 5.41) is 2.95. The summed E-state index contributed by atoms with van der Waals surface area (Å²) in [5.74, 6) is 1.33. The maximum atomic E-state index is 12.7. The molecule has 1 atom stereocenters. The lowest BCUT2D eigenvalue weighted by molar-refractivity contribution is -0.121. The third-order valence-electron chi connectivity index (χ3n) is 5.46. The van der Waals surface area contributed by atoms with Crippen molar-refractivity contribution in [2.45, 2.75) is 32.2 Å². The minimum Gasteiger partial charge on any atom is -0.497 e. The number of anilines is 2. The van der Waals surface area contributed by atoms with Crippen LogP contribution in [0.25, 0.3) is 0 Å². The van der Waals surface area contributed by atoms with Crippen LogP contribution in [-0.2, 0) is 11.2 Å². The number of nitrogens with two attached hydrogens (primary N) is 1. The Labute approximate surface area is 185 Å². The Bertz CT molecular complexity index is 766. The van der Waals surface area contributed by atoms with Gasteiger partial charge < -0.3 is 15.8 Å². The zero-order chi connectivity index (χ0) is 19.2. The lowest BCUT2D eigenvalue weighted by atomic mass is 9.89. The van der Waals surface area contributed by atoms with E-state index < -0.39 is 0 Å². The number of nitrogens with one attached hydrogen (secondary N) is 1. The highest BCUT2D eigenvalue weighted by molar-refractivity contribution is 5.97. The number of nitrogen functional groups attached to an aromatic ring is 1. The van der Waals surface area contributed by atoms with Crippen LogP contribution in [0.15, 0.2) is 48.5 Å². The smallest absolute Gasteiger partial charge is 0.241 e. The number of hydrogen-bond acceptors (Lipinski definition) is 4. The quantitative estimate of drug-likeness (QED) is 0.654. The second-order valence-corrected chi connectivity index (χ2v) is 7.29. The van der Waals surface area contributed by atoms with E-state index in [2.05, 4.69) is 40.5 Å². The molecular formula is C22H31Cl2N3O2. The number of carbonyl (C=O) groups is 1. The van der Waals surface area contributed by atoms with Crippen LogP contribution in [0.3, 0.4) is 0 Å². The van der Waals surface area contributed by atoms with Crippen LogP contribution in [-0.4, -0.2) is 37.0 Å². The molecule has 1 aliphatic heterocycles. The topological polar surface area (TPSA) is 67.6 Å². The summed E-state index contributed by atoms with van der Waals surface area (Å²) >= 11 is 0. The van der Waals surface area contributed by atoms with Gasteiger partial charge in [0, 0.05) is 6.07 Å². The number of piperidine rings is 1. The van der Waals surface area contributed by atoms with E-state index in [4.69, 9.17) is 10.5 Å². The number of halogens is 2. The van der Waals surface area contributed by atoms with Crippen LogP contribution in [0.1, 0.15) is 25.3 Å². The summed E-state index contributed by atoms with van der Waals surface area (Å²) in [6.07, 6.45) is 3.36. The summed E-state index contributed by atoms with van der Waals surface area (Å²) < 4.78 is 5.21. The average molecular weight is 440 g/mol. The van der Waals surface area contributed by atoms with Gasteiger partial charge in [0.2, 0.25) is 5.91 Å². The SMILES string of the molecule is COc1ccc(N)c(NC(=O)C(C)N2CCC(Cc3ccccc3)CC2)c1.Cl.Cl. The molecule has 0 saturated carbocycles. The number of amides is 1. The summed E-state index contributed by atoms with van der Waals surface area (Å²) in [5.41, 5.74) is 8.52. The van der Waals surface area contributed by atoms with Crippen molar-refractivity contribution in [3.05, 3.63) is 54.1 Å². The number of carbonyl (C=O) groups excluding carboxylic acids is 1. The summed E-state index contributed by atoms with van der Waals surface area (Å²) in [6.45, 7) is 3.85. The predicted octanol–water partition coefficient (Wildman–Crippen LogP) is 4.40. The van der Waals surface area contributed by atoms with Crippen molar-refractivity contribution >= 4 is 42.1 Å². The normalized spacial score (nSPS) is 15.5. The third kappa shape index (κ3) is 6.81. The monoisotopic (exact) mass is 439 g/mol. The van der Waals surface area contributed by atoms with Crippen molar-refractivity contribution in [1.82, 2.24) is 4.90 Å². The Kier molecular flexibility index (Phi) is 10.3. The van der Waals surface area contributed by atoms with Crippen LogP contribution in [0.5, 0.6) is 5.75 Å². The summed E-state index contributed by atoms with van der Waals surface area (Å²) in [4.78, 5) is 14.9. The standard InChI is InChI=1S/C22H29N3O2.2ClH/c1-16(22(26)24-21-15-19(27-2)8-9-20(21)23)25-12-10-18(11-13-25)14-17-6-4-3-5-7-17;;/h3-9,15-16,18H,10-14,23H2,1-2H3,(H,24,26);2*1H. The second kappa shape index (κ2) is 11.9. The fraction of sp³-hybridized carbons (Fsp3) is 0.409. The highest BCUT2D eigenvalue weighted by atomic mass is 35.5. The van der Waals surface area contributed by atoms with Gasteiger partial charge in [0.1, 0.15) is 5.75 Å².